The number of ketones is 1. The van der Waals surface area contributed by atoms with Crippen molar-refractivity contribution in [3.05, 3.63) is 71.8 Å². The lowest BCUT2D eigenvalue weighted by atomic mass is 9.99. The maximum Gasteiger partial charge on any atom is 0.232 e. The molecule has 6 nitrogen and oxygen atoms in total. The number of halogens is 1. The normalized spacial score (nSPS) is 13.9. The summed E-state index contributed by atoms with van der Waals surface area (Å²) in [5, 5.41) is 0.593. The van der Waals surface area contributed by atoms with E-state index < -0.39 is 10.0 Å². The van der Waals surface area contributed by atoms with E-state index in [1.54, 1.807) is 47.3 Å². The largest absolute Gasteiger partial charge is 0.295 e. The van der Waals surface area contributed by atoms with E-state index in [4.69, 9.17) is 0 Å². The minimum absolute atomic E-state index is 0.0759. The van der Waals surface area contributed by atoms with E-state index in [9.17, 15) is 17.6 Å². The summed E-state index contributed by atoms with van der Waals surface area (Å²) in [4.78, 5) is 17.0. The molecule has 2 aromatic carbocycles. The Morgan fingerprint density at radius 2 is 2.07 bits per heavy atom. The highest BCUT2D eigenvalue weighted by Crippen LogP contribution is 2.30. The second-order valence-corrected chi connectivity index (χ2v) is 9.90. The fourth-order valence-corrected chi connectivity index (χ4v) is 5.38. The molecule has 0 saturated heterocycles. The molecule has 0 spiro atoms. The van der Waals surface area contributed by atoms with Gasteiger partial charge in [0.05, 0.1) is 23.4 Å². The lowest BCUT2D eigenvalue weighted by molar-refractivity contribution is 0.102. The Morgan fingerprint density at radius 3 is 2.83 bits per heavy atom. The first-order chi connectivity index (χ1) is 14.3. The molecule has 0 radical (unpaired) electrons. The van der Waals surface area contributed by atoms with Crippen molar-refractivity contribution < 1.29 is 17.6 Å². The molecule has 4 rings (SSSR count). The van der Waals surface area contributed by atoms with Crippen LogP contribution in [0.5, 0.6) is 0 Å². The Labute approximate surface area is 178 Å². The van der Waals surface area contributed by atoms with Crippen LogP contribution in [0.3, 0.4) is 0 Å². The van der Waals surface area contributed by atoms with Crippen LogP contribution in [0.15, 0.2) is 60.0 Å². The summed E-state index contributed by atoms with van der Waals surface area (Å²) < 4.78 is 40.6. The molecule has 30 heavy (non-hydrogen) atoms. The summed E-state index contributed by atoms with van der Waals surface area (Å²) in [6, 6.07) is 11.3. The van der Waals surface area contributed by atoms with Crippen LogP contribution in [0.4, 0.5) is 10.1 Å². The van der Waals surface area contributed by atoms with Gasteiger partial charge in [0.25, 0.3) is 0 Å². The summed E-state index contributed by atoms with van der Waals surface area (Å²) >= 11 is 1.27. The molecule has 1 aromatic heterocycles. The van der Waals surface area contributed by atoms with E-state index in [0.29, 0.717) is 28.6 Å². The highest BCUT2D eigenvalue weighted by Gasteiger charge is 2.24. The quantitative estimate of drug-likeness (QED) is 0.427. The fraction of sp³-hybridized carbons (Fsp3) is 0.238. The first-order valence-corrected chi connectivity index (χ1v) is 12.2. The first-order valence-electron chi connectivity index (χ1n) is 9.39. The number of Topliss-reactive ketones (excluding diaryl/α,β-unsaturated/α-hetero) is 1. The zero-order valence-electron chi connectivity index (χ0n) is 16.3. The number of nitrogens with zero attached hydrogens (tertiary/aromatic N) is 3. The van der Waals surface area contributed by atoms with Gasteiger partial charge in [-0.2, -0.15) is 0 Å². The van der Waals surface area contributed by atoms with Gasteiger partial charge in [-0.05, 0) is 54.8 Å². The van der Waals surface area contributed by atoms with E-state index in [1.807, 2.05) is 0 Å². The van der Waals surface area contributed by atoms with Gasteiger partial charge < -0.3 is 0 Å². The number of benzene rings is 2. The van der Waals surface area contributed by atoms with E-state index in [2.05, 4.69) is 4.98 Å². The average molecular weight is 446 g/mol. The Balaban J connectivity index is 1.51. The van der Waals surface area contributed by atoms with Crippen LogP contribution >= 0.6 is 11.8 Å². The van der Waals surface area contributed by atoms with Crippen LogP contribution in [0, 0.1) is 5.82 Å². The maximum absolute atomic E-state index is 13.5. The number of imidazole rings is 1. The minimum Gasteiger partial charge on any atom is -0.295 e. The van der Waals surface area contributed by atoms with Crippen molar-refractivity contribution in [1.82, 2.24) is 9.55 Å². The SMILES string of the molecule is CS(=O)(=O)N1CCCc2cc(C(=O)CSc3nccn3-c3cccc(F)c3)ccc21. The monoisotopic (exact) mass is 445 g/mol. The van der Waals surface area contributed by atoms with Gasteiger partial charge in [0.15, 0.2) is 10.9 Å². The van der Waals surface area contributed by atoms with E-state index in [1.165, 1.54) is 34.5 Å². The van der Waals surface area contributed by atoms with E-state index >= 15 is 0 Å². The Kier molecular flexibility index (Phi) is 5.66. The molecule has 0 aliphatic carbocycles. The number of aryl methyl sites for hydroxylation is 1. The number of hydrogen-bond donors (Lipinski definition) is 0. The highest BCUT2D eigenvalue weighted by atomic mass is 32.2. The van der Waals surface area contributed by atoms with Crippen LogP contribution in [0.2, 0.25) is 0 Å². The molecule has 0 saturated carbocycles. The number of carbonyl (C=O) groups excluding carboxylic acids is 1. The summed E-state index contributed by atoms with van der Waals surface area (Å²) in [5.74, 6) is -0.250. The molecule has 156 valence electrons. The molecule has 0 bridgehead atoms. The molecule has 0 fully saturated rings. The van der Waals surface area contributed by atoms with Crippen molar-refractivity contribution in [1.29, 1.82) is 0 Å². The van der Waals surface area contributed by atoms with Gasteiger partial charge in [0, 0.05) is 24.5 Å². The molecule has 1 aliphatic heterocycles. The molecule has 0 amide bonds. The second-order valence-electron chi connectivity index (χ2n) is 7.05. The van der Waals surface area contributed by atoms with Crippen LogP contribution in [0.25, 0.3) is 5.69 Å². The lowest BCUT2D eigenvalue weighted by Gasteiger charge is -2.29. The smallest absolute Gasteiger partial charge is 0.232 e. The zero-order valence-corrected chi connectivity index (χ0v) is 17.9. The molecular formula is C21H20FN3O3S2. The Morgan fingerprint density at radius 1 is 1.23 bits per heavy atom. The number of sulfonamides is 1. The average Bonchev–Trinajstić information content (AvgIpc) is 3.19. The molecule has 2 heterocycles. The Bertz CT molecular complexity index is 1210. The number of aromatic nitrogens is 2. The number of rotatable bonds is 6. The predicted molar refractivity (Wildman–Crippen MR) is 116 cm³/mol. The van der Waals surface area contributed by atoms with E-state index in [-0.39, 0.29) is 17.4 Å². The van der Waals surface area contributed by atoms with Gasteiger partial charge in [-0.1, -0.05) is 17.8 Å². The molecule has 3 aromatic rings. The Hall–Kier alpha value is -2.65. The fourth-order valence-electron chi connectivity index (χ4n) is 3.51. The van der Waals surface area contributed by atoms with Crippen molar-refractivity contribution in [3.8, 4) is 5.69 Å². The van der Waals surface area contributed by atoms with Crippen molar-refractivity contribution in [2.45, 2.75) is 18.0 Å². The third-order valence-corrected chi connectivity index (χ3v) is 7.05. The maximum atomic E-state index is 13.5. The molecule has 1 aliphatic rings. The van der Waals surface area contributed by atoms with Crippen molar-refractivity contribution in [2.24, 2.45) is 0 Å². The number of carbonyl (C=O) groups is 1. The van der Waals surface area contributed by atoms with Crippen LogP contribution < -0.4 is 4.31 Å². The van der Waals surface area contributed by atoms with Crippen LogP contribution in [-0.4, -0.2) is 42.3 Å². The standard InChI is InChI=1S/C21H20FN3O3S2/c1-30(27,28)25-10-3-4-15-12-16(7-8-19(15)25)20(26)14-29-21-23-9-11-24(21)18-6-2-5-17(22)13-18/h2,5-9,11-13H,3-4,10,14H2,1H3. The molecule has 0 N–H and O–H groups in total. The highest BCUT2D eigenvalue weighted by molar-refractivity contribution is 7.99. The molecular weight excluding hydrogens is 425 g/mol. The second kappa shape index (κ2) is 8.23. The lowest BCUT2D eigenvalue weighted by Crippen LogP contribution is -2.34. The van der Waals surface area contributed by atoms with E-state index in [0.717, 1.165) is 18.4 Å². The molecule has 0 atom stereocenters. The third kappa shape index (κ3) is 4.27. The van der Waals surface area contributed by atoms with Crippen molar-refractivity contribution in [2.75, 3.05) is 22.9 Å². The molecule has 0 unspecified atom stereocenters. The van der Waals surface area contributed by atoms with Gasteiger partial charge in [-0.25, -0.2) is 17.8 Å². The number of hydrogen-bond acceptors (Lipinski definition) is 5. The summed E-state index contributed by atoms with van der Waals surface area (Å²) in [7, 11) is -3.34. The van der Waals surface area contributed by atoms with Gasteiger partial charge in [0.2, 0.25) is 10.0 Å². The van der Waals surface area contributed by atoms with Gasteiger partial charge in [-0.3, -0.25) is 13.7 Å². The number of fused-ring (bicyclic) bond motifs is 1. The molecule has 9 heteroatoms. The first kappa shape index (κ1) is 20.6. The van der Waals surface area contributed by atoms with Gasteiger partial charge in [0.1, 0.15) is 5.82 Å². The van der Waals surface area contributed by atoms with Crippen molar-refractivity contribution >= 4 is 33.3 Å². The topological polar surface area (TPSA) is 72.3 Å². The summed E-state index contributed by atoms with van der Waals surface area (Å²) in [6.45, 7) is 0.456. The van der Waals surface area contributed by atoms with Crippen molar-refractivity contribution in [3.63, 3.8) is 0 Å². The summed E-state index contributed by atoms with van der Waals surface area (Å²) in [6.07, 6.45) is 5.98. The summed E-state index contributed by atoms with van der Waals surface area (Å²) in [5.41, 5.74) is 2.69. The number of anilines is 1. The number of thioether (sulfide) groups is 1. The zero-order chi connectivity index (χ0) is 21.3. The van der Waals surface area contributed by atoms with Crippen LogP contribution in [-0.2, 0) is 16.4 Å². The van der Waals surface area contributed by atoms with Gasteiger partial charge in [-0.15, -0.1) is 0 Å². The third-order valence-electron chi connectivity index (χ3n) is 4.90. The predicted octanol–water partition coefficient (Wildman–Crippen LogP) is 3.70. The van der Waals surface area contributed by atoms with Crippen LogP contribution in [0.1, 0.15) is 22.3 Å². The van der Waals surface area contributed by atoms with Gasteiger partial charge >= 0.3 is 0 Å². The minimum atomic E-state index is -3.34.